The first kappa shape index (κ1) is 13.5. The molecule has 0 fully saturated rings. The lowest BCUT2D eigenvalue weighted by Gasteiger charge is -2.20. The standard InChI is InChI=1S/C11H20N4O2/c1-14(2)6-5-7-15(3)10-9(17-4)11(16)13-8-12-10/h8H,5-7H2,1-4H3,(H,12,13,16). The maximum Gasteiger partial charge on any atom is 0.295 e. The number of aromatic amines is 1. The molecule has 0 saturated carbocycles. The highest BCUT2D eigenvalue weighted by Gasteiger charge is 2.12. The average Bonchev–Trinajstić information content (AvgIpc) is 2.28. The van der Waals surface area contributed by atoms with Gasteiger partial charge in [-0.25, -0.2) is 4.98 Å². The van der Waals surface area contributed by atoms with Gasteiger partial charge in [-0.05, 0) is 27.1 Å². The van der Waals surface area contributed by atoms with E-state index in [0.717, 1.165) is 19.5 Å². The Morgan fingerprint density at radius 2 is 2.06 bits per heavy atom. The molecule has 0 spiro atoms. The van der Waals surface area contributed by atoms with Crippen LogP contribution in [-0.4, -0.2) is 56.2 Å². The highest BCUT2D eigenvalue weighted by molar-refractivity contribution is 5.49. The molecule has 1 aromatic heterocycles. The second-order valence-electron chi connectivity index (χ2n) is 4.17. The molecule has 0 atom stereocenters. The number of hydrogen-bond acceptors (Lipinski definition) is 5. The van der Waals surface area contributed by atoms with E-state index in [1.165, 1.54) is 13.4 Å². The molecule has 0 aliphatic carbocycles. The Hall–Kier alpha value is -1.56. The zero-order valence-corrected chi connectivity index (χ0v) is 10.9. The fourth-order valence-corrected chi connectivity index (χ4v) is 1.56. The number of nitrogens with zero attached hydrogens (tertiary/aromatic N) is 3. The van der Waals surface area contributed by atoms with Gasteiger partial charge in [0.2, 0.25) is 5.75 Å². The van der Waals surface area contributed by atoms with E-state index in [1.807, 2.05) is 26.0 Å². The van der Waals surface area contributed by atoms with Crippen molar-refractivity contribution in [1.82, 2.24) is 14.9 Å². The molecule has 0 radical (unpaired) electrons. The minimum atomic E-state index is -0.253. The van der Waals surface area contributed by atoms with Crippen molar-refractivity contribution >= 4 is 5.82 Å². The van der Waals surface area contributed by atoms with Crippen molar-refractivity contribution in [2.45, 2.75) is 6.42 Å². The van der Waals surface area contributed by atoms with E-state index < -0.39 is 0 Å². The Morgan fingerprint density at radius 3 is 2.65 bits per heavy atom. The van der Waals surface area contributed by atoms with Crippen molar-refractivity contribution in [3.8, 4) is 5.75 Å². The number of aromatic nitrogens is 2. The smallest absolute Gasteiger partial charge is 0.295 e. The molecular weight excluding hydrogens is 220 g/mol. The van der Waals surface area contributed by atoms with Gasteiger partial charge < -0.3 is 19.5 Å². The normalized spacial score (nSPS) is 10.6. The van der Waals surface area contributed by atoms with Gasteiger partial charge in [0.25, 0.3) is 5.56 Å². The summed E-state index contributed by atoms with van der Waals surface area (Å²) in [6.07, 6.45) is 2.39. The molecule has 0 aliphatic rings. The lowest BCUT2D eigenvalue weighted by molar-refractivity contribution is 0.396. The Kier molecular flexibility index (Phi) is 4.96. The lowest BCUT2D eigenvalue weighted by Crippen LogP contribution is -2.26. The molecule has 0 bridgehead atoms. The summed E-state index contributed by atoms with van der Waals surface area (Å²) in [4.78, 5) is 22.2. The van der Waals surface area contributed by atoms with Gasteiger partial charge in [-0.2, -0.15) is 0 Å². The van der Waals surface area contributed by atoms with Gasteiger partial charge in [0.05, 0.1) is 13.4 Å². The monoisotopic (exact) mass is 240 g/mol. The summed E-state index contributed by atoms with van der Waals surface area (Å²) < 4.78 is 5.07. The molecular formula is C11H20N4O2. The van der Waals surface area contributed by atoms with Crippen LogP contribution >= 0.6 is 0 Å². The number of hydrogen-bond donors (Lipinski definition) is 1. The molecule has 1 N–H and O–H groups in total. The van der Waals surface area contributed by atoms with Crippen molar-refractivity contribution in [3.05, 3.63) is 16.7 Å². The molecule has 0 amide bonds. The van der Waals surface area contributed by atoms with Gasteiger partial charge in [-0.3, -0.25) is 4.79 Å². The summed E-state index contributed by atoms with van der Waals surface area (Å²) in [5.41, 5.74) is -0.253. The molecule has 1 heterocycles. The second-order valence-corrected chi connectivity index (χ2v) is 4.17. The van der Waals surface area contributed by atoms with Crippen LogP contribution in [0.2, 0.25) is 0 Å². The maximum absolute atomic E-state index is 11.5. The van der Waals surface area contributed by atoms with Crippen molar-refractivity contribution in [2.75, 3.05) is 46.2 Å². The predicted octanol–water partition coefficient (Wildman–Crippen LogP) is 0.166. The van der Waals surface area contributed by atoms with Crippen molar-refractivity contribution in [1.29, 1.82) is 0 Å². The van der Waals surface area contributed by atoms with Crippen LogP contribution in [0.25, 0.3) is 0 Å². The van der Waals surface area contributed by atoms with Crippen LogP contribution in [0.5, 0.6) is 5.75 Å². The van der Waals surface area contributed by atoms with Crippen LogP contribution in [0.1, 0.15) is 6.42 Å². The summed E-state index contributed by atoms with van der Waals surface area (Å²) in [6, 6.07) is 0. The first-order valence-electron chi connectivity index (χ1n) is 5.53. The Labute approximate surface area is 101 Å². The molecule has 0 aliphatic heterocycles. The van der Waals surface area contributed by atoms with E-state index >= 15 is 0 Å². The molecule has 1 rings (SSSR count). The average molecular weight is 240 g/mol. The number of rotatable bonds is 6. The van der Waals surface area contributed by atoms with Crippen molar-refractivity contribution in [2.24, 2.45) is 0 Å². The van der Waals surface area contributed by atoms with Crippen LogP contribution in [-0.2, 0) is 0 Å². The topological polar surface area (TPSA) is 61.5 Å². The summed E-state index contributed by atoms with van der Waals surface area (Å²) >= 11 is 0. The lowest BCUT2D eigenvalue weighted by atomic mass is 10.3. The van der Waals surface area contributed by atoms with E-state index in [-0.39, 0.29) is 11.3 Å². The summed E-state index contributed by atoms with van der Waals surface area (Å²) in [7, 11) is 7.45. The first-order valence-corrected chi connectivity index (χ1v) is 5.53. The maximum atomic E-state index is 11.5. The number of anilines is 1. The van der Waals surface area contributed by atoms with E-state index in [2.05, 4.69) is 14.9 Å². The minimum Gasteiger partial charge on any atom is -0.489 e. The Balaban J connectivity index is 2.71. The molecule has 6 heteroatoms. The van der Waals surface area contributed by atoms with Crippen LogP contribution in [0.4, 0.5) is 5.82 Å². The van der Waals surface area contributed by atoms with Gasteiger partial charge in [-0.1, -0.05) is 0 Å². The number of H-pyrrole nitrogens is 1. The highest BCUT2D eigenvalue weighted by atomic mass is 16.5. The van der Waals surface area contributed by atoms with Gasteiger partial charge in [0.15, 0.2) is 5.82 Å². The van der Waals surface area contributed by atoms with E-state index in [4.69, 9.17) is 4.74 Å². The fourth-order valence-electron chi connectivity index (χ4n) is 1.56. The molecule has 1 aromatic rings. The molecule has 6 nitrogen and oxygen atoms in total. The SMILES string of the molecule is COc1c(N(C)CCCN(C)C)nc[nH]c1=O. The third-order valence-electron chi connectivity index (χ3n) is 2.46. The van der Waals surface area contributed by atoms with Crippen LogP contribution in [0, 0.1) is 0 Å². The van der Waals surface area contributed by atoms with Crippen molar-refractivity contribution < 1.29 is 4.74 Å². The van der Waals surface area contributed by atoms with E-state index in [1.54, 1.807) is 0 Å². The Bertz CT molecular complexity index is 403. The zero-order chi connectivity index (χ0) is 12.8. The number of methoxy groups -OCH3 is 1. The van der Waals surface area contributed by atoms with Gasteiger partial charge in [-0.15, -0.1) is 0 Å². The molecule has 0 unspecified atom stereocenters. The Morgan fingerprint density at radius 1 is 1.35 bits per heavy atom. The van der Waals surface area contributed by atoms with E-state index in [0.29, 0.717) is 5.82 Å². The molecule has 0 saturated heterocycles. The quantitative estimate of drug-likeness (QED) is 0.768. The minimum absolute atomic E-state index is 0.253. The first-order chi connectivity index (χ1) is 8.06. The van der Waals surface area contributed by atoms with E-state index in [9.17, 15) is 4.79 Å². The highest BCUT2D eigenvalue weighted by Crippen LogP contribution is 2.18. The summed E-state index contributed by atoms with van der Waals surface area (Å²) in [5.74, 6) is 0.842. The predicted molar refractivity (Wildman–Crippen MR) is 67.9 cm³/mol. The van der Waals surface area contributed by atoms with Crippen LogP contribution < -0.4 is 15.2 Å². The third kappa shape index (κ3) is 3.74. The van der Waals surface area contributed by atoms with Crippen LogP contribution in [0.15, 0.2) is 11.1 Å². The molecule has 17 heavy (non-hydrogen) atoms. The molecule has 0 aromatic carbocycles. The fraction of sp³-hybridized carbons (Fsp3) is 0.636. The van der Waals surface area contributed by atoms with Crippen molar-refractivity contribution in [3.63, 3.8) is 0 Å². The summed E-state index contributed by atoms with van der Waals surface area (Å²) in [5, 5.41) is 0. The third-order valence-corrected chi connectivity index (χ3v) is 2.46. The zero-order valence-electron chi connectivity index (χ0n) is 10.9. The summed E-state index contributed by atoms with van der Waals surface area (Å²) in [6.45, 7) is 1.82. The van der Waals surface area contributed by atoms with Gasteiger partial charge >= 0.3 is 0 Å². The van der Waals surface area contributed by atoms with Gasteiger partial charge in [0, 0.05) is 13.6 Å². The number of ether oxygens (including phenoxy) is 1. The second kappa shape index (κ2) is 6.24. The van der Waals surface area contributed by atoms with Crippen LogP contribution in [0.3, 0.4) is 0 Å². The van der Waals surface area contributed by atoms with Gasteiger partial charge in [0.1, 0.15) is 0 Å². The largest absolute Gasteiger partial charge is 0.489 e. The number of nitrogens with one attached hydrogen (secondary N) is 1. The molecule has 96 valence electrons.